The number of halogens is 3. The van der Waals surface area contributed by atoms with Gasteiger partial charge in [-0.2, -0.15) is 13.2 Å². The lowest BCUT2D eigenvalue weighted by atomic mass is 10.2. The lowest BCUT2D eigenvalue weighted by molar-refractivity contribution is -0.137. The lowest BCUT2D eigenvalue weighted by Crippen LogP contribution is -2.33. The topological polar surface area (TPSA) is 92.5 Å². The van der Waals surface area contributed by atoms with Gasteiger partial charge in [0.25, 0.3) is 0 Å². The van der Waals surface area contributed by atoms with Gasteiger partial charge in [-0.05, 0) is 31.2 Å². The standard InChI is InChI=1S/C15H16F3N3O4S/c1-10-9-13(20-25-10)19-14(22)7-8-21(26(2,23)24)12-5-3-11(4-6-12)15(16,17)18/h3-6,9H,7-8H2,1-2H3,(H,19,20,22). The SMILES string of the molecule is Cc1cc(NC(=O)CCN(c2ccc(C(F)(F)F)cc2)S(C)(=O)=O)no1. The summed E-state index contributed by atoms with van der Waals surface area (Å²) < 4.78 is 67.4. The molecule has 1 aromatic heterocycles. The second kappa shape index (κ2) is 7.36. The first-order valence-corrected chi connectivity index (χ1v) is 9.20. The molecule has 7 nitrogen and oxygen atoms in total. The van der Waals surface area contributed by atoms with Gasteiger partial charge in [0, 0.05) is 19.0 Å². The molecule has 142 valence electrons. The molecule has 26 heavy (non-hydrogen) atoms. The van der Waals surface area contributed by atoms with E-state index < -0.39 is 27.7 Å². The summed E-state index contributed by atoms with van der Waals surface area (Å²) in [5.74, 6) is 0.162. The monoisotopic (exact) mass is 391 g/mol. The van der Waals surface area contributed by atoms with Gasteiger partial charge in [-0.15, -0.1) is 0 Å². The van der Waals surface area contributed by atoms with Crippen LogP contribution >= 0.6 is 0 Å². The molecule has 11 heteroatoms. The number of benzene rings is 1. The third kappa shape index (κ3) is 5.22. The zero-order chi connectivity index (χ0) is 19.5. The molecule has 0 saturated carbocycles. The summed E-state index contributed by atoms with van der Waals surface area (Å²) in [4.78, 5) is 11.9. The maximum atomic E-state index is 12.6. The molecule has 1 amide bonds. The van der Waals surface area contributed by atoms with E-state index in [1.807, 2.05) is 0 Å². The smallest absolute Gasteiger partial charge is 0.360 e. The van der Waals surface area contributed by atoms with Crippen molar-refractivity contribution in [1.29, 1.82) is 0 Å². The molecule has 0 aliphatic carbocycles. The first-order valence-electron chi connectivity index (χ1n) is 7.35. The minimum atomic E-state index is -4.52. The molecule has 0 aliphatic rings. The molecule has 2 aromatic rings. The summed E-state index contributed by atoms with van der Waals surface area (Å²) in [6.07, 6.45) is -3.84. The second-order valence-electron chi connectivity index (χ2n) is 5.50. The van der Waals surface area contributed by atoms with Gasteiger partial charge < -0.3 is 9.84 Å². The summed E-state index contributed by atoms with van der Waals surface area (Å²) in [7, 11) is -3.79. The number of nitrogens with zero attached hydrogens (tertiary/aromatic N) is 2. The van der Waals surface area contributed by atoms with E-state index in [0.29, 0.717) is 5.76 Å². The van der Waals surface area contributed by atoms with Gasteiger partial charge in [-0.1, -0.05) is 5.16 Å². The third-order valence-corrected chi connectivity index (χ3v) is 4.51. The molecule has 0 fully saturated rings. The van der Waals surface area contributed by atoms with E-state index in [1.165, 1.54) is 6.07 Å². The molecule has 0 bridgehead atoms. The fraction of sp³-hybridized carbons (Fsp3) is 0.333. The number of rotatable bonds is 6. The number of carbonyl (C=O) groups is 1. The molecule has 0 unspecified atom stereocenters. The molecule has 0 atom stereocenters. The van der Waals surface area contributed by atoms with Crippen LogP contribution in [0.2, 0.25) is 0 Å². The average molecular weight is 391 g/mol. The van der Waals surface area contributed by atoms with E-state index >= 15 is 0 Å². The highest BCUT2D eigenvalue weighted by Crippen LogP contribution is 2.31. The molecule has 0 spiro atoms. The largest absolute Gasteiger partial charge is 0.416 e. The Hall–Kier alpha value is -2.56. The van der Waals surface area contributed by atoms with Crippen LogP contribution in [0.3, 0.4) is 0 Å². The maximum absolute atomic E-state index is 12.6. The fourth-order valence-electron chi connectivity index (χ4n) is 2.14. The highest BCUT2D eigenvalue weighted by Gasteiger charge is 2.30. The van der Waals surface area contributed by atoms with Crippen LogP contribution < -0.4 is 9.62 Å². The van der Waals surface area contributed by atoms with Gasteiger partial charge in [0.15, 0.2) is 5.82 Å². The van der Waals surface area contributed by atoms with Crippen molar-refractivity contribution >= 4 is 27.4 Å². The van der Waals surface area contributed by atoms with Crippen LogP contribution in [-0.4, -0.2) is 32.3 Å². The average Bonchev–Trinajstić information content (AvgIpc) is 2.90. The van der Waals surface area contributed by atoms with Gasteiger partial charge in [-0.25, -0.2) is 8.42 Å². The molecule has 1 heterocycles. The molecule has 1 N–H and O–H groups in total. The highest BCUT2D eigenvalue weighted by molar-refractivity contribution is 7.92. The number of aromatic nitrogens is 1. The van der Waals surface area contributed by atoms with Crippen molar-refractivity contribution in [3.63, 3.8) is 0 Å². The van der Waals surface area contributed by atoms with Crippen LogP contribution in [0.1, 0.15) is 17.7 Å². The van der Waals surface area contributed by atoms with E-state index in [0.717, 1.165) is 34.8 Å². The zero-order valence-corrected chi connectivity index (χ0v) is 14.7. The van der Waals surface area contributed by atoms with Crippen LogP contribution in [0.5, 0.6) is 0 Å². The minimum Gasteiger partial charge on any atom is -0.360 e. The molecule has 0 radical (unpaired) electrons. The summed E-state index contributed by atoms with van der Waals surface area (Å²) in [5, 5.41) is 6.01. The van der Waals surface area contributed by atoms with Gasteiger partial charge in [-0.3, -0.25) is 9.10 Å². The van der Waals surface area contributed by atoms with Crippen molar-refractivity contribution in [3.05, 3.63) is 41.7 Å². The molecule has 0 saturated heterocycles. The van der Waals surface area contributed by atoms with E-state index in [2.05, 4.69) is 10.5 Å². The lowest BCUT2D eigenvalue weighted by Gasteiger charge is -2.22. The number of anilines is 2. The van der Waals surface area contributed by atoms with Crippen LogP contribution in [0.4, 0.5) is 24.7 Å². The predicted octanol–water partition coefficient (Wildman–Crippen LogP) is 2.80. The zero-order valence-electron chi connectivity index (χ0n) is 13.9. The predicted molar refractivity (Wildman–Crippen MR) is 88.1 cm³/mol. The summed E-state index contributed by atoms with van der Waals surface area (Å²) in [6, 6.07) is 5.14. The van der Waals surface area contributed by atoms with Crippen LogP contribution in [0.15, 0.2) is 34.9 Å². The van der Waals surface area contributed by atoms with E-state index in [1.54, 1.807) is 6.92 Å². The summed E-state index contributed by atoms with van der Waals surface area (Å²) >= 11 is 0. The molecule has 0 aliphatic heterocycles. The van der Waals surface area contributed by atoms with Crippen molar-refractivity contribution < 1.29 is 30.9 Å². The molecule has 1 aromatic carbocycles. The Morgan fingerprint density at radius 1 is 1.27 bits per heavy atom. The number of sulfonamides is 1. The van der Waals surface area contributed by atoms with Crippen LogP contribution in [-0.2, 0) is 21.0 Å². The highest BCUT2D eigenvalue weighted by atomic mass is 32.2. The number of hydrogen-bond donors (Lipinski definition) is 1. The van der Waals surface area contributed by atoms with Gasteiger partial charge in [0.05, 0.1) is 17.5 Å². The van der Waals surface area contributed by atoms with Crippen LogP contribution in [0, 0.1) is 6.92 Å². The second-order valence-corrected chi connectivity index (χ2v) is 7.41. The third-order valence-electron chi connectivity index (χ3n) is 3.32. The van der Waals surface area contributed by atoms with Crippen molar-refractivity contribution in [2.75, 3.05) is 22.4 Å². The van der Waals surface area contributed by atoms with Gasteiger partial charge >= 0.3 is 6.18 Å². The Morgan fingerprint density at radius 2 is 1.88 bits per heavy atom. The van der Waals surface area contributed by atoms with Crippen molar-refractivity contribution in [1.82, 2.24) is 5.16 Å². The Balaban J connectivity index is 2.09. The number of nitrogens with one attached hydrogen (secondary N) is 1. The summed E-state index contributed by atoms with van der Waals surface area (Å²) in [6.45, 7) is 1.39. The molecular formula is C15H16F3N3O4S. The minimum absolute atomic E-state index is 0.0329. The fourth-order valence-corrected chi connectivity index (χ4v) is 3.06. The van der Waals surface area contributed by atoms with E-state index in [4.69, 9.17) is 4.52 Å². The number of alkyl halides is 3. The number of hydrogen-bond acceptors (Lipinski definition) is 5. The first-order chi connectivity index (χ1) is 12.0. The van der Waals surface area contributed by atoms with Crippen molar-refractivity contribution in [3.8, 4) is 0 Å². The summed E-state index contributed by atoms with van der Waals surface area (Å²) in [5.41, 5.74) is -0.862. The Bertz CT molecular complexity index is 876. The number of aryl methyl sites for hydroxylation is 1. The maximum Gasteiger partial charge on any atom is 0.416 e. The number of amides is 1. The van der Waals surface area contributed by atoms with Crippen molar-refractivity contribution in [2.24, 2.45) is 0 Å². The molecule has 2 rings (SSSR count). The molecular weight excluding hydrogens is 375 g/mol. The Labute approximate surface area is 147 Å². The number of carbonyl (C=O) groups excluding carboxylic acids is 1. The van der Waals surface area contributed by atoms with E-state index in [-0.39, 0.29) is 24.5 Å². The van der Waals surface area contributed by atoms with Gasteiger partial charge in [0.1, 0.15) is 5.76 Å². The van der Waals surface area contributed by atoms with Gasteiger partial charge in [0.2, 0.25) is 15.9 Å². The van der Waals surface area contributed by atoms with E-state index in [9.17, 15) is 26.4 Å². The first kappa shape index (κ1) is 19.8. The van der Waals surface area contributed by atoms with Crippen molar-refractivity contribution in [2.45, 2.75) is 19.5 Å². The normalized spacial score (nSPS) is 12.0. The Kier molecular flexibility index (Phi) is 5.59. The quantitative estimate of drug-likeness (QED) is 0.817. The van der Waals surface area contributed by atoms with Crippen LogP contribution in [0.25, 0.3) is 0 Å². The Morgan fingerprint density at radius 3 is 2.35 bits per heavy atom.